The van der Waals surface area contributed by atoms with E-state index >= 15 is 0 Å². The van der Waals surface area contributed by atoms with Crippen molar-refractivity contribution in [2.45, 2.75) is 6.10 Å². The van der Waals surface area contributed by atoms with Crippen LogP contribution < -0.4 is 5.73 Å². The monoisotopic (exact) mass is 273 g/mol. The highest BCUT2D eigenvalue weighted by Gasteiger charge is 2.13. The summed E-state index contributed by atoms with van der Waals surface area (Å²) in [6.45, 7) is 0.0729. The molecule has 0 spiro atoms. The fraction of sp³-hybridized carbons (Fsp3) is 0.200. The molecule has 80 valence electrons. The molecule has 0 aliphatic rings. The van der Waals surface area contributed by atoms with Crippen LogP contribution in [0.25, 0.3) is 11.0 Å². The van der Waals surface area contributed by atoms with E-state index in [0.29, 0.717) is 15.8 Å². The van der Waals surface area contributed by atoms with Gasteiger partial charge in [0, 0.05) is 18.0 Å². The third-order valence-electron chi connectivity index (χ3n) is 2.13. The second kappa shape index (κ2) is 3.92. The largest absolute Gasteiger partial charge is 0.458 e. The molecule has 1 aromatic carbocycles. The van der Waals surface area contributed by atoms with E-state index in [0.717, 1.165) is 5.39 Å². The number of nitrogens with two attached hydrogens (primary N) is 1. The van der Waals surface area contributed by atoms with Gasteiger partial charge in [-0.3, -0.25) is 0 Å². The molecular formula is C10H9BrFNO2. The Labute approximate surface area is 93.8 Å². The summed E-state index contributed by atoms with van der Waals surface area (Å²) in [5, 5.41) is 10.2. The van der Waals surface area contributed by atoms with Crippen molar-refractivity contribution in [2.24, 2.45) is 5.73 Å². The first-order valence-corrected chi connectivity index (χ1v) is 5.17. The number of rotatable bonds is 2. The number of hydrogen-bond donors (Lipinski definition) is 2. The molecule has 0 saturated carbocycles. The Morgan fingerprint density at radius 1 is 1.47 bits per heavy atom. The zero-order valence-electron chi connectivity index (χ0n) is 7.71. The average molecular weight is 274 g/mol. The predicted octanol–water partition coefficient (Wildman–Crippen LogP) is 2.33. The Balaban J connectivity index is 2.56. The molecule has 3 N–H and O–H groups in total. The summed E-state index contributed by atoms with van der Waals surface area (Å²) in [6.07, 6.45) is -0.848. The summed E-state index contributed by atoms with van der Waals surface area (Å²) in [4.78, 5) is 0. The Morgan fingerprint density at radius 3 is 2.87 bits per heavy atom. The highest BCUT2D eigenvalue weighted by molar-refractivity contribution is 9.10. The van der Waals surface area contributed by atoms with E-state index in [2.05, 4.69) is 15.9 Å². The van der Waals surface area contributed by atoms with Crippen molar-refractivity contribution in [3.8, 4) is 0 Å². The molecule has 2 aromatic rings. The number of benzene rings is 1. The van der Waals surface area contributed by atoms with Crippen LogP contribution >= 0.6 is 15.9 Å². The first-order valence-electron chi connectivity index (χ1n) is 4.38. The van der Waals surface area contributed by atoms with Gasteiger partial charge in [-0.25, -0.2) is 4.39 Å². The highest BCUT2D eigenvalue weighted by Crippen LogP contribution is 2.28. The Kier molecular flexibility index (Phi) is 2.77. The fourth-order valence-corrected chi connectivity index (χ4v) is 1.70. The van der Waals surface area contributed by atoms with Gasteiger partial charge in [0.1, 0.15) is 23.3 Å². The summed E-state index contributed by atoms with van der Waals surface area (Å²) in [7, 11) is 0. The van der Waals surface area contributed by atoms with Crippen LogP contribution in [0.5, 0.6) is 0 Å². The molecule has 0 fully saturated rings. The minimum atomic E-state index is -0.848. The van der Waals surface area contributed by atoms with E-state index in [1.165, 1.54) is 6.07 Å². The van der Waals surface area contributed by atoms with E-state index in [1.54, 1.807) is 12.1 Å². The topological polar surface area (TPSA) is 59.4 Å². The summed E-state index contributed by atoms with van der Waals surface area (Å²) < 4.78 is 18.8. The van der Waals surface area contributed by atoms with Crippen molar-refractivity contribution in [3.05, 3.63) is 34.2 Å². The molecule has 1 aromatic heterocycles. The third kappa shape index (κ3) is 1.90. The predicted molar refractivity (Wildman–Crippen MR) is 57.9 cm³/mol. The first kappa shape index (κ1) is 10.6. The molecule has 0 aliphatic heterocycles. The van der Waals surface area contributed by atoms with Gasteiger partial charge in [0.15, 0.2) is 0 Å². The van der Waals surface area contributed by atoms with Gasteiger partial charge in [0.2, 0.25) is 0 Å². The average Bonchev–Trinajstić information content (AvgIpc) is 2.60. The van der Waals surface area contributed by atoms with E-state index in [9.17, 15) is 9.50 Å². The summed E-state index contributed by atoms with van der Waals surface area (Å²) in [6, 6.07) is 4.52. The first-order chi connectivity index (χ1) is 7.11. The van der Waals surface area contributed by atoms with Crippen LogP contribution in [0, 0.1) is 5.82 Å². The third-order valence-corrected chi connectivity index (χ3v) is 2.74. The summed E-state index contributed by atoms with van der Waals surface area (Å²) >= 11 is 3.08. The van der Waals surface area contributed by atoms with Crippen LogP contribution in [0.3, 0.4) is 0 Å². The molecule has 5 heteroatoms. The minimum Gasteiger partial charge on any atom is -0.458 e. The van der Waals surface area contributed by atoms with Gasteiger partial charge >= 0.3 is 0 Å². The summed E-state index contributed by atoms with van der Waals surface area (Å²) in [5.41, 5.74) is 5.69. The maximum absolute atomic E-state index is 13.1. The number of aliphatic hydroxyl groups is 1. The molecule has 0 aliphatic carbocycles. The van der Waals surface area contributed by atoms with Crippen LogP contribution in [0.4, 0.5) is 4.39 Å². The van der Waals surface area contributed by atoms with Gasteiger partial charge in [0.25, 0.3) is 0 Å². The van der Waals surface area contributed by atoms with Crippen LogP contribution in [-0.2, 0) is 0 Å². The van der Waals surface area contributed by atoms with E-state index in [4.69, 9.17) is 10.2 Å². The van der Waals surface area contributed by atoms with Gasteiger partial charge in [-0.05, 0) is 28.1 Å². The van der Waals surface area contributed by atoms with Crippen molar-refractivity contribution < 1.29 is 13.9 Å². The quantitative estimate of drug-likeness (QED) is 0.883. The molecule has 0 bridgehead atoms. The zero-order valence-corrected chi connectivity index (χ0v) is 9.29. The number of hydrogen-bond acceptors (Lipinski definition) is 3. The Morgan fingerprint density at radius 2 is 2.20 bits per heavy atom. The molecule has 1 unspecified atom stereocenters. The number of fused-ring (bicyclic) bond motifs is 1. The van der Waals surface area contributed by atoms with Crippen molar-refractivity contribution in [1.29, 1.82) is 0 Å². The second-order valence-electron chi connectivity index (χ2n) is 3.20. The van der Waals surface area contributed by atoms with Crippen LogP contribution in [0.15, 0.2) is 27.1 Å². The van der Waals surface area contributed by atoms with Gasteiger partial charge in [-0.15, -0.1) is 0 Å². The normalized spacial score (nSPS) is 13.3. The molecule has 0 amide bonds. The molecular weight excluding hydrogens is 265 g/mol. The molecule has 1 heterocycles. The minimum absolute atomic E-state index is 0.0729. The molecule has 3 nitrogen and oxygen atoms in total. The van der Waals surface area contributed by atoms with Gasteiger partial charge in [-0.2, -0.15) is 0 Å². The van der Waals surface area contributed by atoms with Gasteiger partial charge < -0.3 is 15.3 Å². The number of aliphatic hydroxyl groups excluding tert-OH is 1. The smallest absolute Gasteiger partial charge is 0.141 e. The lowest BCUT2D eigenvalue weighted by Crippen LogP contribution is -2.10. The van der Waals surface area contributed by atoms with Crippen LogP contribution in [-0.4, -0.2) is 11.7 Å². The van der Waals surface area contributed by atoms with Crippen molar-refractivity contribution in [1.82, 2.24) is 0 Å². The number of halogens is 2. The fourth-order valence-electron chi connectivity index (χ4n) is 1.34. The van der Waals surface area contributed by atoms with Crippen LogP contribution in [0.2, 0.25) is 0 Å². The molecule has 2 rings (SSSR count). The molecule has 0 saturated heterocycles. The highest BCUT2D eigenvalue weighted by atomic mass is 79.9. The van der Waals surface area contributed by atoms with Crippen molar-refractivity contribution in [3.63, 3.8) is 0 Å². The Hall–Kier alpha value is -0.910. The van der Waals surface area contributed by atoms with Crippen molar-refractivity contribution >= 4 is 26.9 Å². The lowest BCUT2D eigenvalue weighted by Gasteiger charge is -2.00. The van der Waals surface area contributed by atoms with Gasteiger partial charge in [-0.1, -0.05) is 0 Å². The molecule has 15 heavy (non-hydrogen) atoms. The summed E-state index contributed by atoms with van der Waals surface area (Å²) in [5.74, 6) is -0.0457. The lowest BCUT2D eigenvalue weighted by atomic mass is 10.2. The maximum Gasteiger partial charge on any atom is 0.141 e. The van der Waals surface area contributed by atoms with E-state index in [-0.39, 0.29) is 6.54 Å². The van der Waals surface area contributed by atoms with E-state index in [1.807, 2.05) is 0 Å². The zero-order chi connectivity index (χ0) is 11.0. The SMILES string of the molecule is NCC(O)c1cc2cc(Br)c(F)cc2o1. The molecule has 0 radical (unpaired) electrons. The molecule has 1 atom stereocenters. The van der Waals surface area contributed by atoms with Crippen molar-refractivity contribution in [2.75, 3.05) is 6.54 Å². The Bertz CT molecular complexity index is 458. The standard InChI is InChI=1S/C10H9BrFNO2/c11-6-1-5-2-10(8(14)4-13)15-9(5)3-7(6)12/h1-3,8,14H,4,13H2. The number of furan rings is 1. The maximum atomic E-state index is 13.1. The second-order valence-corrected chi connectivity index (χ2v) is 4.06. The van der Waals surface area contributed by atoms with Crippen LogP contribution in [0.1, 0.15) is 11.9 Å². The van der Waals surface area contributed by atoms with E-state index < -0.39 is 11.9 Å². The van der Waals surface area contributed by atoms with Gasteiger partial charge in [0.05, 0.1) is 4.47 Å². The lowest BCUT2D eigenvalue weighted by molar-refractivity contribution is 0.160.